The highest BCUT2D eigenvalue weighted by Gasteiger charge is 2.21. The zero-order valence-electron chi connectivity index (χ0n) is 18.2. The molecule has 4 aromatic rings. The molecule has 4 heterocycles. The lowest BCUT2D eigenvalue weighted by Gasteiger charge is -2.32. The SMILES string of the molecule is Cc1cc(C(=O)N2CCN(C)CC2)ccc1-c1ccncc1-c1cnc2cc(N)nn2c1. The second-order valence-corrected chi connectivity index (χ2v) is 8.26. The maximum absolute atomic E-state index is 13.0. The van der Waals surface area contributed by atoms with Crippen molar-refractivity contribution >= 4 is 17.4 Å². The number of anilines is 1. The summed E-state index contributed by atoms with van der Waals surface area (Å²) in [5, 5.41) is 4.27. The molecule has 32 heavy (non-hydrogen) atoms. The van der Waals surface area contributed by atoms with Gasteiger partial charge in [-0.05, 0) is 48.9 Å². The van der Waals surface area contributed by atoms with Gasteiger partial charge in [-0.1, -0.05) is 6.07 Å². The fourth-order valence-electron chi connectivity index (χ4n) is 4.18. The summed E-state index contributed by atoms with van der Waals surface area (Å²) in [6.45, 7) is 5.37. The smallest absolute Gasteiger partial charge is 0.253 e. The number of nitrogens with zero attached hydrogens (tertiary/aromatic N) is 6. The number of amides is 1. The van der Waals surface area contributed by atoms with Gasteiger partial charge < -0.3 is 15.5 Å². The molecule has 1 aromatic carbocycles. The number of hydrogen-bond donors (Lipinski definition) is 1. The standard InChI is InChI=1S/C24H25N7O/c1-16-11-17(24(32)30-9-7-29(2)8-10-30)3-4-19(16)20-5-6-26-14-21(20)18-13-27-23-12-22(25)28-31(23)15-18/h3-6,11-15H,7-10H2,1-2H3,(H2,25,28). The highest BCUT2D eigenvalue weighted by Crippen LogP contribution is 2.33. The molecule has 0 radical (unpaired) electrons. The number of piperazine rings is 1. The molecular weight excluding hydrogens is 402 g/mol. The van der Waals surface area contributed by atoms with E-state index in [1.165, 1.54) is 0 Å². The van der Waals surface area contributed by atoms with Gasteiger partial charge >= 0.3 is 0 Å². The predicted octanol–water partition coefficient (Wildman–Crippen LogP) is 2.74. The molecule has 0 bridgehead atoms. The minimum absolute atomic E-state index is 0.0913. The summed E-state index contributed by atoms with van der Waals surface area (Å²) in [6.07, 6.45) is 7.31. The van der Waals surface area contributed by atoms with Gasteiger partial charge in [0.1, 0.15) is 5.82 Å². The Bertz CT molecular complexity index is 1300. The Morgan fingerprint density at radius 1 is 1.00 bits per heavy atom. The lowest BCUT2D eigenvalue weighted by Crippen LogP contribution is -2.47. The van der Waals surface area contributed by atoms with Gasteiger partial charge in [0.05, 0.1) is 0 Å². The van der Waals surface area contributed by atoms with Crippen molar-refractivity contribution in [2.24, 2.45) is 0 Å². The zero-order valence-corrected chi connectivity index (χ0v) is 18.2. The van der Waals surface area contributed by atoms with E-state index in [9.17, 15) is 4.79 Å². The van der Waals surface area contributed by atoms with Crippen LogP contribution in [0.4, 0.5) is 5.82 Å². The first-order valence-electron chi connectivity index (χ1n) is 10.6. The second-order valence-electron chi connectivity index (χ2n) is 8.26. The van der Waals surface area contributed by atoms with Gasteiger partial charge in [0.25, 0.3) is 5.91 Å². The van der Waals surface area contributed by atoms with Crippen molar-refractivity contribution in [3.8, 4) is 22.3 Å². The first-order valence-corrected chi connectivity index (χ1v) is 10.6. The molecule has 8 nitrogen and oxygen atoms in total. The Morgan fingerprint density at radius 2 is 1.81 bits per heavy atom. The Labute approximate surface area is 186 Å². The number of carbonyl (C=O) groups excluding carboxylic acids is 1. The molecule has 2 N–H and O–H groups in total. The van der Waals surface area contributed by atoms with Gasteiger partial charge in [-0.25, -0.2) is 9.50 Å². The summed E-state index contributed by atoms with van der Waals surface area (Å²) in [5.74, 6) is 0.520. The van der Waals surface area contributed by atoms with Crippen molar-refractivity contribution in [3.05, 3.63) is 66.2 Å². The number of benzene rings is 1. The van der Waals surface area contributed by atoms with E-state index in [4.69, 9.17) is 5.73 Å². The predicted molar refractivity (Wildman–Crippen MR) is 124 cm³/mol. The van der Waals surface area contributed by atoms with Gasteiger partial charge in [-0.3, -0.25) is 9.78 Å². The molecule has 0 saturated carbocycles. The first kappa shape index (κ1) is 20.1. The van der Waals surface area contributed by atoms with Crippen LogP contribution in [0.1, 0.15) is 15.9 Å². The first-order chi connectivity index (χ1) is 15.5. The molecule has 1 fully saturated rings. The molecule has 162 valence electrons. The van der Waals surface area contributed by atoms with E-state index in [0.29, 0.717) is 11.5 Å². The number of aromatic nitrogens is 4. The molecular formula is C24H25N7O. The van der Waals surface area contributed by atoms with Gasteiger partial charge in [-0.15, -0.1) is 5.10 Å². The van der Waals surface area contributed by atoms with Crippen molar-refractivity contribution < 1.29 is 4.79 Å². The van der Waals surface area contributed by atoms with Crippen LogP contribution in [-0.4, -0.2) is 68.5 Å². The van der Waals surface area contributed by atoms with Crippen LogP contribution in [0.2, 0.25) is 0 Å². The maximum atomic E-state index is 13.0. The normalized spacial score (nSPS) is 14.8. The van der Waals surface area contributed by atoms with E-state index >= 15 is 0 Å². The third kappa shape index (κ3) is 3.69. The van der Waals surface area contributed by atoms with Gasteiger partial charge in [0.15, 0.2) is 5.65 Å². The number of fused-ring (bicyclic) bond motifs is 1. The molecule has 1 amide bonds. The van der Waals surface area contributed by atoms with E-state index in [1.54, 1.807) is 23.0 Å². The van der Waals surface area contributed by atoms with E-state index < -0.39 is 0 Å². The topological polar surface area (TPSA) is 92.7 Å². The van der Waals surface area contributed by atoms with Crippen molar-refractivity contribution in [2.45, 2.75) is 6.92 Å². The van der Waals surface area contributed by atoms with Crippen LogP contribution in [0.3, 0.4) is 0 Å². The molecule has 8 heteroatoms. The number of hydrogen-bond acceptors (Lipinski definition) is 6. The minimum atomic E-state index is 0.0913. The summed E-state index contributed by atoms with van der Waals surface area (Å²) in [5.41, 5.74) is 12.2. The Balaban J connectivity index is 1.49. The fourth-order valence-corrected chi connectivity index (χ4v) is 4.18. The Morgan fingerprint density at radius 3 is 2.59 bits per heavy atom. The van der Waals surface area contributed by atoms with E-state index in [0.717, 1.165) is 59.6 Å². The zero-order chi connectivity index (χ0) is 22.2. The van der Waals surface area contributed by atoms with Crippen LogP contribution in [-0.2, 0) is 0 Å². The van der Waals surface area contributed by atoms with Crippen molar-refractivity contribution in [2.75, 3.05) is 39.0 Å². The summed E-state index contributed by atoms with van der Waals surface area (Å²) in [4.78, 5) is 26.0. The van der Waals surface area contributed by atoms with Crippen LogP contribution in [0.25, 0.3) is 27.9 Å². The number of likely N-dealkylation sites (N-methyl/N-ethyl adjacent to an activating group) is 1. The van der Waals surface area contributed by atoms with Crippen molar-refractivity contribution in [1.29, 1.82) is 0 Å². The van der Waals surface area contributed by atoms with Gasteiger partial charge in [-0.2, -0.15) is 0 Å². The lowest BCUT2D eigenvalue weighted by atomic mass is 9.93. The quantitative estimate of drug-likeness (QED) is 0.540. The molecule has 0 aliphatic carbocycles. The maximum Gasteiger partial charge on any atom is 0.253 e. The molecule has 0 atom stereocenters. The van der Waals surface area contributed by atoms with Gasteiger partial charge in [0, 0.05) is 73.7 Å². The van der Waals surface area contributed by atoms with Crippen LogP contribution in [0.15, 0.2) is 55.1 Å². The van der Waals surface area contributed by atoms with E-state index in [-0.39, 0.29) is 5.91 Å². The number of nitrogens with two attached hydrogens (primary N) is 1. The van der Waals surface area contributed by atoms with Crippen LogP contribution in [0, 0.1) is 6.92 Å². The minimum Gasteiger partial charge on any atom is -0.382 e. The van der Waals surface area contributed by atoms with Crippen molar-refractivity contribution in [1.82, 2.24) is 29.4 Å². The Hall–Kier alpha value is -3.78. The van der Waals surface area contributed by atoms with E-state index in [2.05, 4.69) is 27.0 Å². The molecule has 0 unspecified atom stereocenters. The monoisotopic (exact) mass is 427 g/mol. The molecule has 3 aromatic heterocycles. The average molecular weight is 428 g/mol. The summed E-state index contributed by atoms with van der Waals surface area (Å²) >= 11 is 0. The largest absolute Gasteiger partial charge is 0.382 e. The number of aryl methyl sites for hydroxylation is 1. The number of nitrogen functional groups attached to an aromatic ring is 1. The summed E-state index contributed by atoms with van der Waals surface area (Å²) < 4.78 is 1.67. The molecule has 1 aliphatic rings. The number of pyridine rings is 1. The van der Waals surface area contributed by atoms with Crippen LogP contribution < -0.4 is 5.73 Å². The average Bonchev–Trinajstić information content (AvgIpc) is 3.18. The number of rotatable bonds is 3. The van der Waals surface area contributed by atoms with Crippen LogP contribution in [0.5, 0.6) is 0 Å². The van der Waals surface area contributed by atoms with Crippen LogP contribution >= 0.6 is 0 Å². The molecule has 1 aliphatic heterocycles. The third-order valence-corrected chi connectivity index (χ3v) is 6.02. The lowest BCUT2D eigenvalue weighted by molar-refractivity contribution is 0.0664. The molecule has 5 rings (SSSR count). The van der Waals surface area contributed by atoms with E-state index in [1.807, 2.05) is 48.5 Å². The molecule has 0 spiro atoms. The molecule has 1 saturated heterocycles. The summed E-state index contributed by atoms with van der Waals surface area (Å²) in [6, 6.07) is 9.64. The summed E-state index contributed by atoms with van der Waals surface area (Å²) in [7, 11) is 2.08. The highest BCUT2D eigenvalue weighted by atomic mass is 16.2. The third-order valence-electron chi connectivity index (χ3n) is 6.02. The second kappa shape index (κ2) is 8.05. The fraction of sp³-hybridized carbons (Fsp3) is 0.250. The van der Waals surface area contributed by atoms with Gasteiger partial charge in [0.2, 0.25) is 0 Å². The Kier molecular flexibility index (Phi) is 5.07. The van der Waals surface area contributed by atoms with Crippen molar-refractivity contribution in [3.63, 3.8) is 0 Å². The highest BCUT2D eigenvalue weighted by molar-refractivity contribution is 5.96. The number of carbonyl (C=O) groups is 1.